The predicted molar refractivity (Wildman–Crippen MR) is 128 cm³/mol. The maximum absolute atomic E-state index is 4.76. The molecule has 0 fully saturated rings. The quantitative estimate of drug-likeness (QED) is 0.283. The molecule has 0 aliphatic heterocycles. The van der Waals surface area contributed by atoms with E-state index in [0.717, 1.165) is 49.9 Å². The topological polar surface area (TPSA) is 55.8 Å². The monoisotopic (exact) mass is 490 g/mol. The molecule has 0 saturated heterocycles. The molecule has 0 spiro atoms. The molecule has 0 aromatic carbocycles. The van der Waals surface area contributed by atoms with Gasteiger partial charge < -0.3 is 20.4 Å². The van der Waals surface area contributed by atoms with Gasteiger partial charge in [0.1, 0.15) is 5.82 Å². The molecule has 0 saturated carbocycles. The number of nitrogens with zero attached hydrogens (tertiary/aromatic N) is 4. The lowest BCUT2D eigenvalue weighted by Crippen LogP contribution is -2.42. The Balaban J connectivity index is 0.00000676. The van der Waals surface area contributed by atoms with E-state index in [1.807, 2.05) is 31.3 Å². The zero-order valence-corrected chi connectivity index (χ0v) is 20.3. The third-order valence-electron chi connectivity index (χ3n) is 4.43. The molecule has 0 aliphatic rings. The van der Waals surface area contributed by atoms with Gasteiger partial charge in [0.2, 0.25) is 0 Å². The van der Waals surface area contributed by atoms with Crippen molar-refractivity contribution >= 4 is 35.8 Å². The van der Waals surface area contributed by atoms with E-state index in [4.69, 9.17) is 4.99 Å². The summed E-state index contributed by atoms with van der Waals surface area (Å²) in [5.74, 6) is 1.84. The van der Waals surface area contributed by atoms with Crippen LogP contribution in [-0.2, 0) is 6.54 Å². The summed E-state index contributed by atoms with van der Waals surface area (Å²) in [7, 11) is 4.02. The summed E-state index contributed by atoms with van der Waals surface area (Å²) in [5, 5.41) is 6.88. The van der Waals surface area contributed by atoms with Crippen molar-refractivity contribution in [3.8, 4) is 0 Å². The van der Waals surface area contributed by atoms with Crippen LogP contribution in [0.5, 0.6) is 0 Å². The molecule has 27 heavy (non-hydrogen) atoms. The van der Waals surface area contributed by atoms with E-state index in [9.17, 15) is 0 Å². The first-order valence-electron chi connectivity index (χ1n) is 9.90. The van der Waals surface area contributed by atoms with E-state index in [1.165, 1.54) is 6.42 Å². The molecule has 7 heteroatoms. The van der Waals surface area contributed by atoms with Gasteiger partial charge in [-0.05, 0) is 52.4 Å². The summed E-state index contributed by atoms with van der Waals surface area (Å²) in [5.41, 5.74) is 1.13. The second kappa shape index (κ2) is 14.9. The lowest BCUT2D eigenvalue weighted by Gasteiger charge is -2.21. The summed E-state index contributed by atoms with van der Waals surface area (Å²) in [6, 6.07) is 4.45. The van der Waals surface area contributed by atoms with Crippen LogP contribution in [0.2, 0.25) is 0 Å². The first-order chi connectivity index (χ1) is 12.5. The van der Waals surface area contributed by atoms with Gasteiger partial charge in [-0.1, -0.05) is 19.9 Å². The average Bonchev–Trinajstić information content (AvgIpc) is 2.63. The van der Waals surface area contributed by atoms with Crippen LogP contribution in [-0.4, -0.2) is 62.2 Å². The van der Waals surface area contributed by atoms with Gasteiger partial charge in [0, 0.05) is 38.4 Å². The Morgan fingerprint density at radius 2 is 1.93 bits per heavy atom. The van der Waals surface area contributed by atoms with Gasteiger partial charge >= 0.3 is 0 Å². The van der Waals surface area contributed by atoms with Crippen molar-refractivity contribution in [2.45, 2.75) is 53.1 Å². The van der Waals surface area contributed by atoms with Crippen molar-refractivity contribution in [1.82, 2.24) is 20.5 Å². The second-order valence-electron chi connectivity index (χ2n) is 6.79. The van der Waals surface area contributed by atoms with Crippen molar-refractivity contribution < 1.29 is 0 Å². The van der Waals surface area contributed by atoms with Crippen LogP contribution in [0.15, 0.2) is 23.3 Å². The molecule has 1 aromatic rings. The molecule has 0 bridgehead atoms. The van der Waals surface area contributed by atoms with E-state index >= 15 is 0 Å². The lowest BCUT2D eigenvalue weighted by molar-refractivity contribution is 0.292. The number of pyridine rings is 1. The average molecular weight is 490 g/mol. The molecule has 1 atom stereocenters. The Labute approximate surface area is 183 Å². The molecule has 1 rings (SSSR count). The third-order valence-corrected chi connectivity index (χ3v) is 4.43. The number of nitrogens with one attached hydrogen (secondary N) is 2. The van der Waals surface area contributed by atoms with E-state index in [0.29, 0.717) is 12.6 Å². The van der Waals surface area contributed by atoms with Gasteiger partial charge in [0.15, 0.2) is 5.96 Å². The summed E-state index contributed by atoms with van der Waals surface area (Å²) >= 11 is 0. The molecule has 2 N–H and O–H groups in total. The molecule has 0 amide bonds. The van der Waals surface area contributed by atoms with Crippen molar-refractivity contribution in [2.75, 3.05) is 45.2 Å². The highest BCUT2D eigenvalue weighted by molar-refractivity contribution is 14.0. The summed E-state index contributed by atoms with van der Waals surface area (Å²) < 4.78 is 0. The zero-order valence-electron chi connectivity index (χ0n) is 18.0. The van der Waals surface area contributed by atoms with Gasteiger partial charge in [0.25, 0.3) is 0 Å². The normalized spacial score (nSPS) is 12.5. The van der Waals surface area contributed by atoms with Crippen LogP contribution in [0.4, 0.5) is 5.82 Å². The van der Waals surface area contributed by atoms with Crippen LogP contribution in [0, 0.1) is 0 Å². The molecule has 6 nitrogen and oxygen atoms in total. The molecule has 1 heterocycles. The van der Waals surface area contributed by atoms with Crippen molar-refractivity contribution in [2.24, 2.45) is 4.99 Å². The van der Waals surface area contributed by atoms with Gasteiger partial charge in [-0.15, -0.1) is 24.0 Å². The summed E-state index contributed by atoms with van der Waals surface area (Å²) in [6.07, 6.45) is 4.16. The maximum Gasteiger partial charge on any atom is 0.191 e. The SMILES string of the molecule is CCNC(=NCc1cccnc1N(C)C)NC(C)CCCN(CC)CC.I. The highest BCUT2D eigenvalue weighted by atomic mass is 127. The number of anilines is 1. The largest absolute Gasteiger partial charge is 0.362 e. The molecule has 0 radical (unpaired) electrons. The minimum atomic E-state index is 0. The van der Waals surface area contributed by atoms with Gasteiger partial charge in [0.05, 0.1) is 6.54 Å². The molecule has 1 aromatic heterocycles. The predicted octanol–water partition coefficient (Wildman–Crippen LogP) is 3.33. The van der Waals surface area contributed by atoms with E-state index in [1.54, 1.807) is 0 Å². The first kappa shape index (κ1) is 25.9. The third kappa shape index (κ3) is 10.1. The number of aliphatic imine (C=N–C) groups is 1. The number of rotatable bonds is 11. The Kier molecular flexibility index (Phi) is 14.3. The number of hydrogen-bond donors (Lipinski definition) is 2. The molecule has 0 aliphatic carbocycles. The number of hydrogen-bond acceptors (Lipinski definition) is 4. The lowest BCUT2D eigenvalue weighted by atomic mass is 10.2. The molecular weight excluding hydrogens is 451 g/mol. The van der Waals surface area contributed by atoms with Gasteiger partial charge in [-0.25, -0.2) is 9.98 Å². The van der Waals surface area contributed by atoms with Crippen LogP contribution < -0.4 is 15.5 Å². The Morgan fingerprint density at radius 1 is 1.22 bits per heavy atom. The molecular formula is C20H39IN6. The van der Waals surface area contributed by atoms with E-state index in [2.05, 4.69) is 54.3 Å². The van der Waals surface area contributed by atoms with E-state index in [-0.39, 0.29) is 24.0 Å². The van der Waals surface area contributed by atoms with Gasteiger partial charge in [-0.2, -0.15) is 0 Å². The molecule has 1 unspecified atom stereocenters. The van der Waals surface area contributed by atoms with Crippen LogP contribution in [0.3, 0.4) is 0 Å². The molecule has 156 valence electrons. The Morgan fingerprint density at radius 3 is 2.52 bits per heavy atom. The van der Waals surface area contributed by atoms with Crippen LogP contribution in [0.25, 0.3) is 0 Å². The summed E-state index contributed by atoms with van der Waals surface area (Å²) in [6.45, 7) is 13.7. The highest BCUT2D eigenvalue weighted by Gasteiger charge is 2.08. The van der Waals surface area contributed by atoms with Crippen molar-refractivity contribution in [3.05, 3.63) is 23.9 Å². The van der Waals surface area contributed by atoms with Crippen LogP contribution >= 0.6 is 24.0 Å². The number of aromatic nitrogens is 1. The fourth-order valence-corrected chi connectivity index (χ4v) is 2.91. The van der Waals surface area contributed by atoms with Crippen molar-refractivity contribution in [1.29, 1.82) is 0 Å². The second-order valence-corrected chi connectivity index (χ2v) is 6.79. The Hall–Kier alpha value is -1.09. The zero-order chi connectivity index (χ0) is 19.4. The van der Waals surface area contributed by atoms with E-state index < -0.39 is 0 Å². The number of halogens is 1. The highest BCUT2D eigenvalue weighted by Crippen LogP contribution is 2.15. The smallest absolute Gasteiger partial charge is 0.191 e. The fraction of sp³-hybridized carbons (Fsp3) is 0.700. The first-order valence-corrected chi connectivity index (χ1v) is 9.90. The number of guanidine groups is 1. The maximum atomic E-state index is 4.76. The minimum absolute atomic E-state index is 0. The summed E-state index contributed by atoms with van der Waals surface area (Å²) in [4.78, 5) is 13.7. The minimum Gasteiger partial charge on any atom is -0.362 e. The fourth-order valence-electron chi connectivity index (χ4n) is 2.91. The van der Waals surface area contributed by atoms with Crippen molar-refractivity contribution in [3.63, 3.8) is 0 Å². The van der Waals surface area contributed by atoms with Gasteiger partial charge in [-0.3, -0.25) is 0 Å². The van der Waals surface area contributed by atoms with Crippen LogP contribution in [0.1, 0.15) is 46.1 Å². The standard InChI is InChI=1S/C20H38N6.HI/c1-7-21-20(24-17(4)12-11-15-26(8-2)9-3)23-16-18-13-10-14-22-19(18)25(5)6;/h10,13-14,17H,7-9,11-12,15-16H2,1-6H3,(H2,21,23,24);1H. The Bertz CT molecular complexity index is 531.